The molecule has 0 aliphatic heterocycles. The molecule has 0 aliphatic rings. The standard InChI is InChI=1S/C11H12N2S/c12-13-11(10-7-4-8-14-10)9-5-2-1-3-6-9/h1-8,11,13H,12H2/t11-/m0/s1. The Kier molecular flexibility index (Phi) is 2.93. The maximum atomic E-state index is 5.55. The first-order valence-electron chi connectivity index (χ1n) is 4.46. The van der Waals surface area contributed by atoms with Crippen LogP contribution in [0.1, 0.15) is 16.5 Å². The van der Waals surface area contributed by atoms with Gasteiger partial charge in [-0.25, -0.2) is 5.43 Å². The zero-order valence-electron chi connectivity index (χ0n) is 7.68. The van der Waals surface area contributed by atoms with Crippen molar-refractivity contribution in [2.24, 2.45) is 5.84 Å². The van der Waals surface area contributed by atoms with Gasteiger partial charge in [-0.1, -0.05) is 36.4 Å². The fourth-order valence-electron chi connectivity index (χ4n) is 1.44. The Morgan fingerprint density at radius 3 is 2.43 bits per heavy atom. The monoisotopic (exact) mass is 204 g/mol. The van der Waals surface area contributed by atoms with Crippen LogP contribution in [0.4, 0.5) is 0 Å². The topological polar surface area (TPSA) is 38.0 Å². The van der Waals surface area contributed by atoms with E-state index in [1.807, 2.05) is 24.3 Å². The second-order valence-electron chi connectivity index (χ2n) is 3.03. The Morgan fingerprint density at radius 1 is 1.07 bits per heavy atom. The van der Waals surface area contributed by atoms with E-state index in [2.05, 4.69) is 29.0 Å². The van der Waals surface area contributed by atoms with Gasteiger partial charge in [-0.2, -0.15) is 0 Å². The molecule has 0 saturated carbocycles. The zero-order valence-corrected chi connectivity index (χ0v) is 8.50. The molecule has 2 aromatic rings. The van der Waals surface area contributed by atoms with Crippen LogP contribution < -0.4 is 11.3 Å². The van der Waals surface area contributed by atoms with Crippen LogP contribution in [0.15, 0.2) is 47.8 Å². The van der Waals surface area contributed by atoms with Gasteiger partial charge in [0.1, 0.15) is 0 Å². The lowest BCUT2D eigenvalue weighted by atomic mass is 10.1. The van der Waals surface area contributed by atoms with Crippen LogP contribution in [0.2, 0.25) is 0 Å². The molecule has 0 radical (unpaired) electrons. The fourth-order valence-corrected chi connectivity index (χ4v) is 2.26. The highest BCUT2D eigenvalue weighted by atomic mass is 32.1. The molecule has 3 heteroatoms. The lowest BCUT2D eigenvalue weighted by molar-refractivity contribution is 0.646. The van der Waals surface area contributed by atoms with Gasteiger partial charge >= 0.3 is 0 Å². The predicted octanol–water partition coefficient (Wildman–Crippen LogP) is 2.30. The molecule has 0 bridgehead atoms. The molecule has 1 heterocycles. The third-order valence-electron chi connectivity index (χ3n) is 2.13. The zero-order chi connectivity index (χ0) is 9.80. The normalized spacial score (nSPS) is 12.6. The van der Waals surface area contributed by atoms with Crippen LogP contribution in [0.3, 0.4) is 0 Å². The highest BCUT2D eigenvalue weighted by Crippen LogP contribution is 2.24. The molecule has 1 aromatic heterocycles. The minimum Gasteiger partial charge on any atom is -0.271 e. The number of hydrogen-bond donors (Lipinski definition) is 2. The van der Waals surface area contributed by atoms with E-state index in [4.69, 9.17) is 5.84 Å². The van der Waals surface area contributed by atoms with Crippen molar-refractivity contribution < 1.29 is 0 Å². The maximum Gasteiger partial charge on any atom is 0.0802 e. The molecule has 3 N–H and O–H groups in total. The van der Waals surface area contributed by atoms with Crippen LogP contribution in [-0.4, -0.2) is 0 Å². The first-order valence-corrected chi connectivity index (χ1v) is 5.34. The molecule has 0 aliphatic carbocycles. The SMILES string of the molecule is NN[C@@H](c1ccccc1)c1cccs1. The van der Waals surface area contributed by atoms with E-state index in [0.29, 0.717) is 0 Å². The summed E-state index contributed by atoms with van der Waals surface area (Å²) in [6.45, 7) is 0. The van der Waals surface area contributed by atoms with Gasteiger partial charge in [0.15, 0.2) is 0 Å². The molecule has 0 fully saturated rings. The van der Waals surface area contributed by atoms with Crippen LogP contribution in [0, 0.1) is 0 Å². The summed E-state index contributed by atoms with van der Waals surface area (Å²) in [6, 6.07) is 14.4. The maximum absolute atomic E-state index is 5.55. The number of hydrazine groups is 1. The molecule has 0 saturated heterocycles. The number of hydrogen-bond acceptors (Lipinski definition) is 3. The Hall–Kier alpha value is -1.16. The van der Waals surface area contributed by atoms with E-state index in [0.717, 1.165) is 0 Å². The molecule has 2 rings (SSSR count). The smallest absolute Gasteiger partial charge is 0.0802 e. The van der Waals surface area contributed by atoms with Crippen molar-refractivity contribution in [3.63, 3.8) is 0 Å². The van der Waals surface area contributed by atoms with Crippen LogP contribution in [-0.2, 0) is 0 Å². The first-order chi connectivity index (χ1) is 6.92. The third kappa shape index (κ3) is 1.85. The summed E-state index contributed by atoms with van der Waals surface area (Å²) in [5.74, 6) is 5.55. The molecule has 1 atom stereocenters. The largest absolute Gasteiger partial charge is 0.271 e. The number of nitrogens with one attached hydrogen (secondary N) is 1. The van der Waals surface area contributed by atoms with Gasteiger partial charge in [0.25, 0.3) is 0 Å². The lowest BCUT2D eigenvalue weighted by Gasteiger charge is -2.14. The minimum absolute atomic E-state index is 0.108. The predicted molar refractivity (Wildman–Crippen MR) is 59.9 cm³/mol. The lowest BCUT2D eigenvalue weighted by Crippen LogP contribution is -2.28. The van der Waals surface area contributed by atoms with Crippen molar-refractivity contribution in [1.82, 2.24) is 5.43 Å². The summed E-state index contributed by atoms with van der Waals surface area (Å²) in [4.78, 5) is 1.23. The highest BCUT2D eigenvalue weighted by Gasteiger charge is 2.11. The third-order valence-corrected chi connectivity index (χ3v) is 3.06. The van der Waals surface area contributed by atoms with E-state index in [-0.39, 0.29) is 6.04 Å². The molecular weight excluding hydrogens is 192 g/mol. The van der Waals surface area contributed by atoms with E-state index in [9.17, 15) is 0 Å². The average molecular weight is 204 g/mol. The fraction of sp³-hybridized carbons (Fsp3) is 0.0909. The van der Waals surface area contributed by atoms with Gasteiger partial charge in [0.05, 0.1) is 6.04 Å². The molecule has 14 heavy (non-hydrogen) atoms. The van der Waals surface area contributed by atoms with Gasteiger partial charge in [-0.05, 0) is 17.0 Å². The summed E-state index contributed by atoms with van der Waals surface area (Å²) < 4.78 is 0. The van der Waals surface area contributed by atoms with Crippen molar-refractivity contribution in [2.45, 2.75) is 6.04 Å². The van der Waals surface area contributed by atoms with Gasteiger partial charge in [-0.3, -0.25) is 5.84 Å². The van der Waals surface area contributed by atoms with Gasteiger partial charge in [0.2, 0.25) is 0 Å². The number of benzene rings is 1. The summed E-state index contributed by atoms with van der Waals surface area (Å²) in [5.41, 5.74) is 4.02. The van der Waals surface area contributed by atoms with E-state index in [1.165, 1.54) is 10.4 Å². The summed E-state index contributed by atoms with van der Waals surface area (Å²) in [5, 5.41) is 2.06. The number of rotatable bonds is 3. The van der Waals surface area contributed by atoms with Crippen LogP contribution in [0.25, 0.3) is 0 Å². The minimum atomic E-state index is 0.108. The van der Waals surface area contributed by atoms with Crippen molar-refractivity contribution >= 4 is 11.3 Å². The van der Waals surface area contributed by atoms with Crippen molar-refractivity contribution in [3.05, 3.63) is 58.3 Å². The molecule has 0 amide bonds. The van der Waals surface area contributed by atoms with Crippen molar-refractivity contribution in [3.8, 4) is 0 Å². The van der Waals surface area contributed by atoms with E-state index >= 15 is 0 Å². The Bertz CT molecular complexity index is 369. The quantitative estimate of drug-likeness (QED) is 0.594. The average Bonchev–Trinajstić information content (AvgIpc) is 2.74. The van der Waals surface area contributed by atoms with Crippen LogP contribution >= 0.6 is 11.3 Å². The highest BCUT2D eigenvalue weighted by molar-refractivity contribution is 7.10. The number of nitrogens with two attached hydrogens (primary N) is 1. The van der Waals surface area contributed by atoms with Crippen LogP contribution in [0.5, 0.6) is 0 Å². The summed E-state index contributed by atoms with van der Waals surface area (Å²) in [7, 11) is 0. The summed E-state index contributed by atoms with van der Waals surface area (Å²) in [6.07, 6.45) is 0. The number of thiophene rings is 1. The molecule has 1 aromatic carbocycles. The first kappa shape index (κ1) is 9.40. The Balaban J connectivity index is 2.31. The molecule has 0 unspecified atom stereocenters. The second-order valence-corrected chi connectivity index (χ2v) is 4.01. The molecule has 72 valence electrons. The summed E-state index contributed by atoms with van der Waals surface area (Å²) >= 11 is 1.71. The van der Waals surface area contributed by atoms with E-state index in [1.54, 1.807) is 11.3 Å². The molecular formula is C11H12N2S. The van der Waals surface area contributed by atoms with Crippen molar-refractivity contribution in [2.75, 3.05) is 0 Å². The van der Waals surface area contributed by atoms with Gasteiger partial charge in [0, 0.05) is 4.88 Å². The van der Waals surface area contributed by atoms with Gasteiger partial charge < -0.3 is 0 Å². The van der Waals surface area contributed by atoms with Gasteiger partial charge in [-0.15, -0.1) is 11.3 Å². The second kappa shape index (κ2) is 4.37. The molecule has 2 nitrogen and oxygen atoms in total. The van der Waals surface area contributed by atoms with E-state index < -0.39 is 0 Å². The molecule has 0 spiro atoms. The van der Waals surface area contributed by atoms with Crippen molar-refractivity contribution in [1.29, 1.82) is 0 Å². The Labute approximate surface area is 87.4 Å². The Morgan fingerprint density at radius 2 is 1.86 bits per heavy atom.